The van der Waals surface area contributed by atoms with E-state index in [-0.39, 0.29) is 11.8 Å². The number of amides is 1. The monoisotopic (exact) mass is 214 g/mol. The van der Waals surface area contributed by atoms with Gasteiger partial charge in [0.1, 0.15) is 0 Å². The molecule has 0 saturated carbocycles. The van der Waals surface area contributed by atoms with Crippen LogP contribution >= 0.6 is 0 Å². The highest BCUT2D eigenvalue weighted by atomic mass is 16.2. The Morgan fingerprint density at radius 2 is 1.80 bits per heavy atom. The van der Waals surface area contributed by atoms with Crippen molar-refractivity contribution in [3.8, 4) is 0 Å². The molecule has 0 aromatic heterocycles. The van der Waals surface area contributed by atoms with Crippen LogP contribution in [0.3, 0.4) is 0 Å². The summed E-state index contributed by atoms with van der Waals surface area (Å²) in [5.41, 5.74) is 0. The Bertz CT molecular complexity index is 190. The van der Waals surface area contributed by atoms with Crippen molar-refractivity contribution in [1.29, 1.82) is 0 Å². The van der Waals surface area contributed by atoms with Crippen molar-refractivity contribution in [3.05, 3.63) is 0 Å². The van der Waals surface area contributed by atoms with Crippen molar-refractivity contribution < 1.29 is 4.79 Å². The largest absolute Gasteiger partial charge is 0.345 e. The predicted octanol–water partition coefficient (Wildman–Crippen LogP) is 1.59. The molecule has 0 bridgehead atoms. The summed E-state index contributed by atoms with van der Waals surface area (Å²) in [6, 6.07) is 0. The fraction of sp³-hybridized carbons (Fsp3) is 0.917. The fourth-order valence-electron chi connectivity index (χ4n) is 1.75. The lowest BCUT2D eigenvalue weighted by Gasteiger charge is -2.27. The third-order valence-corrected chi connectivity index (χ3v) is 2.56. The van der Waals surface area contributed by atoms with E-state index in [9.17, 15) is 4.79 Å². The zero-order chi connectivity index (χ0) is 12.0. The number of carbonyl (C=O) groups excluding carboxylic acids is 1. The van der Waals surface area contributed by atoms with E-state index in [4.69, 9.17) is 0 Å². The molecule has 0 aromatic carbocycles. The Balaban J connectivity index is 4.35. The summed E-state index contributed by atoms with van der Waals surface area (Å²) in [5.74, 6) is 1.27. The maximum absolute atomic E-state index is 12.1. The topological polar surface area (TPSA) is 32.3 Å². The van der Waals surface area contributed by atoms with Crippen LogP contribution < -0.4 is 5.32 Å². The molecule has 1 N–H and O–H groups in total. The molecule has 0 rings (SSSR count). The van der Waals surface area contributed by atoms with Crippen molar-refractivity contribution in [3.63, 3.8) is 0 Å². The minimum absolute atomic E-state index is 0.0961. The molecule has 0 aliphatic carbocycles. The van der Waals surface area contributed by atoms with Gasteiger partial charge in [0.2, 0.25) is 5.91 Å². The second-order valence-corrected chi connectivity index (χ2v) is 5.02. The van der Waals surface area contributed by atoms with Crippen molar-refractivity contribution in [2.24, 2.45) is 17.8 Å². The molecule has 0 saturated heterocycles. The van der Waals surface area contributed by atoms with Crippen LogP contribution in [0.25, 0.3) is 0 Å². The Morgan fingerprint density at radius 3 is 2.13 bits per heavy atom. The van der Waals surface area contributed by atoms with Gasteiger partial charge in [0.15, 0.2) is 0 Å². The van der Waals surface area contributed by atoms with Crippen LogP contribution in [0.2, 0.25) is 0 Å². The lowest BCUT2D eigenvalue weighted by molar-refractivity contribution is -0.135. The van der Waals surface area contributed by atoms with Gasteiger partial charge in [-0.25, -0.2) is 0 Å². The third-order valence-electron chi connectivity index (χ3n) is 2.56. The first-order valence-electron chi connectivity index (χ1n) is 5.79. The van der Waals surface area contributed by atoms with E-state index in [0.29, 0.717) is 11.8 Å². The molecule has 1 amide bonds. The lowest BCUT2D eigenvalue weighted by Crippen LogP contribution is -2.41. The Kier molecular flexibility index (Phi) is 6.57. The van der Waals surface area contributed by atoms with Crippen LogP contribution in [0.4, 0.5) is 0 Å². The first-order valence-corrected chi connectivity index (χ1v) is 5.79. The highest BCUT2D eigenvalue weighted by Gasteiger charge is 2.24. The van der Waals surface area contributed by atoms with Crippen LogP contribution in [0.1, 0.15) is 27.7 Å². The second-order valence-electron chi connectivity index (χ2n) is 5.02. The van der Waals surface area contributed by atoms with E-state index >= 15 is 0 Å². The molecule has 0 aliphatic rings. The molecule has 0 fully saturated rings. The molecule has 15 heavy (non-hydrogen) atoms. The highest BCUT2D eigenvalue weighted by molar-refractivity contribution is 5.79. The molecule has 0 aromatic rings. The Morgan fingerprint density at radius 1 is 1.27 bits per heavy atom. The molecule has 1 atom stereocenters. The molecule has 0 spiro atoms. The minimum Gasteiger partial charge on any atom is -0.345 e. The SMILES string of the molecule is CNCC(C(=O)N(C)CC(C)C)C(C)C. The maximum Gasteiger partial charge on any atom is 0.226 e. The first kappa shape index (κ1) is 14.4. The molecule has 1 unspecified atom stereocenters. The number of rotatable bonds is 6. The highest BCUT2D eigenvalue weighted by Crippen LogP contribution is 2.13. The van der Waals surface area contributed by atoms with E-state index in [1.165, 1.54) is 0 Å². The van der Waals surface area contributed by atoms with Gasteiger partial charge in [0.05, 0.1) is 5.92 Å². The number of nitrogens with one attached hydrogen (secondary N) is 1. The number of carbonyl (C=O) groups is 1. The normalized spacial score (nSPS) is 13.3. The maximum atomic E-state index is 12.1. The van der Waals surface area contributed by atoms with E-state index in [0.717, 1.165) is 13.1 Å². The van der Waals surface area contributed by atoms with Gasteiger partial charge in [-0.05, 0) is 18.9 Å². The summed E-state index contributed by atoms with van der Waals surface area (Å²) in [4.78, 5) is 13.9. The predicted molar refractivity (Wildman–Crippen MR) is 64.7 cm³/mol. The van der Waals surface area contributed by atoms with E-state index in [2.05, 4.69) is 33.0 Å². The summed E-state index contributed by atoms with van der Waals surface area (Å²) < 4.78 is 0. The summed E-state index contributed by atoms with van der Waals surface area (Å²) in [6.45, 7) is 10.1. The molecule has 90 valence electrons. The molecule has 0 aliphatic heterocycles. The standard InChI is InChI=1S/C12H26N2O/c1-9(2)8-14(6)12(15)11(7-13-5)10(3)4/h9-11,13H,7-8H2,1-6H3. The van der Waals surface area contributed by atoms with E-state index in [1.807, 2.05) is 19.0 Å². The summed E-state index contributed by atoms with van der Waals surface area (Å²) >= 11 is 0. The minimum atomic E-state index is 0.0961. The molecule has 3 heteroatoms. The average molecular weight is 214 g/mol. The number of hydrogen-bond acceptors (Lipinski definition) is 2. The van der Waals surface area contributed by atoms with Crippen LogP contribution in [0, 0.1) is 17.8 Å². The van der Waals surface area contributed by atoms with Crippen molar-refractivity contribution >= 4 is 5.91 Å². The quantitative estimate of drug-likeness (QED) is 0.728. The summed E-state index contributed by atoms with van der Waals surface area (Å²) in [6.07, 6.45) is 0. The zero-order valence-corrected chi connectivity index (χ0v) is 11.0. The van der Waals surface area contributed by atoms with Crippen LogP contribution in [0.5, 0.6) is 0 Å². The third kappa shape index (κ3) is 5.17. The molecule has 0 radical (unpaired) electrons. The second kappa shape index (κ2) is 6.83. The summed E-state index contributed by atoms with van der Waals surface area (Å²) in [5, 5.41) is 3.09. The molecular formula is C12H26N2O. The van der Waals surface area contributed by atoms with Gasteiger partial charge in [-0.15, -0.1) is 0 Å². The van der Waals surface area contributed by atoms with Gasteiger partial charge in [-0.3, -0.25) is 4.79 Å². The smallest absolute Gasteiger partial charge is 0.226 e. The van der Waals surface area contributed by atoms with Gasteiger partial charge in [-0.2, -0.15) is 0 Å². The number of nitrogens with zero attached hydrogens (tertiary/aromatic N) is 1. The lowest BCUT2D eigenvalue weighted by atomic mass is 9.94. The van der Waals surface area contributed by atoms with Gasteiger partial charge in [0, 0.05) is 20.1 Å². The van der Waals surface area contributed by atoms with Crippen LogP contribution in [-0.4, -0.2) is 38.0 Å². The Hall–Kier alpha value is -0.570. The van der Waals surface area contributed by atoms with Gasteiger partial charge < -0.3 is 10.2 Å². The van der Waals surface area contributed by atoms with Crippen molar-refractivity contribution in [2.75, 3.05) is 27.2 Å². The van der Waals surface area contributed by atoms with Gasteiger partial charge in [-0.1, -0.05) is 27.7 Å². The fourth-order valence-corrected chi connectivity index (χ4v) is 1.75. The molecule has 3 nitrogen and oxygen atoms in total. The average Bonchev–Trinajstić information content (AvgIpc) is 2.11. The van der Waals surface area contributed by atoms with Gasteiger partial charge >= 0.3 is 0 Å². The molecule has 0 heterocycles. The molecular weight excluding hydrogens is 188 g/mol. The Labute approximate surface area is 94.2 Å². The van der Waals surface area contributed by atoms with E-state index < -0.39 is 0 Å². The van der Waals surface area contributed by atoms with Crippen LogP contribution in [-0.2, 0) is 4.79 Å². The first-order chi connectivity index (χ1) is 6.90. The summed E-state index contributed by atoms with van der Waals surface area (Å²) in [7, 11) is 3.79. The van der Waals surface area contributed by atoms with Crippen molar-refractivity contribution in [2.45, 2.75) is 27.7 Å². The van der Waals surface area contributed by atoms with Crippen molar-refractivity contribution in [1.82, 2.24) is 10.2 Å². The van der Waals surface area contributed by atoms with Gasteiger partial charge in [0.25, 0.3) is 0 Å². The number of hydrogen-bond donors (Lipinski definition) is 1. The van der Waals surface area contributed by atoms with Crippen LogP contribution in [0.15, 0.2) is 0 Å². The zero-order valence-electron chi connectivity index (χ0n) is 11.0. The van der Waals surface area contributed by atoms with E-state index in [1.54, 1.807) is 0 Å².